The maximum absolute atomic E-state index is 15.9. The SMILES string of the molecule is CC(=O)NC1(c2c(F)c(N3CCN(C=O)CC3)c(F)c3[nH]cc(C(=O)O)c(=O)c23)CC1. The molecule has 2 amide bonds. The van der Waals surface area contributed by atoms with Gasteiger partial charge in [-0.1, -0.05) is 0 Å². The lowest BCUT2D eigenvalue weighted by atomic mass is 9.94. The minimum absolute atomic E-state index is 0.169. The third-order valence-corrected chi connectivity index (χ3v) is 5.84. The van der Waals surface area contributed by atoms with E-state index in [9.17, 15) is 24.3 Å². The van der Waals surface area contributed by atoms with Crippen LogP contribution in [0.4, 0.5) is 14.5 Å². The Hall–Kier alpha value is -3.50. The van der Waals surface area contributed by atoms with Crippen molar-refractivity contribution in [2.24, 2.45) is 0 Å². The number of carboxylic acids is 1. The van der Waals surface area contributed by atoms with Crippen molar-refractivity contribution in [2.45, 2.75) is 25.3 Å². The Labute approximate surface area is 174 Å². The van der Waals surface area contributed by atoms with E-state index in [0.29, 0.717) is 19.3 Å². The molecule has 2 aliphatic rings. The zero-order valence-electron chi connectivity index (χ0n) is 16.6. The Morgan fingerprint density at radius 1 is 1.19 bits per heavy atom. The molecule has 1 saturated carbocycles. The number of aromatic nitrogens is 1. The largest absolute Gasteiger partial charge is 0.477 e. The van der Waals surface area contributed by atoms with Crippen molar-refractivity contribution < 1.29 is 28.3 Å². The summed E-state index contributed by atoms with van der Waals surface area (Å²) in [5.41, 5.74) is -3.80. The number of amides is 2. The fraction of sp³-hybridized carbons (Fsp3) is 0.400. The van der Waals surface area contributed by atoms with Crippen LogP contribution in [0.1, 0.15) is 35.7 Å². The number of nitrogens with zero attached hydrogens (tertiary/aromatic N) is 2. The van der Waals surface area contributed by atoms with Gasteiger partial charge in [0.15, 0.2) is 11.6 Å². The van der Waals surface area contributed by atoms with Gasteiger partial charge in [0.05, 0.1) is 16.4 Å². The average molecular weight is 434 g/mol. The predicted octanol–water partition coefficient (Wildman–Crippen LogP) is 0.908. The standard InChI is InChI=1S/C20H20F2N4O5/c1-10(28)24-20(2-3-20)13-12-16(23-8-11(18(12)29)19(30)31)15(22)17(14(13)21)26-6-4-25(9-27)5-7-26/h8-9H,2-7H2,1H3,(H,23,29)(H,24,28)(H,30,31). The summed E-state index contributed by atoms with van der Waals surface area (Å²) in [5.74, 6) is -4.03. The van der Waals surface area contributed by atoms with Gasteiger partial charge in [-0.15, -0.1) is 0 Å². The van der Waals surface area contributed by atoms with Crippen LogP contribution in [-0.2, 0) is 15.1 Å². The van der Waals surface area contributed by atoms with Crippen LogP contribution in [0, 0.1) is 11.6 Å². The number of benzene rings is 1. The molecular formula is C20H20F2N4O5. The number of fused-ring (bicyclic) bond motifs is 1. The summed E-state index contributed by atoms with van der Waals surface area (Å²) in [7, 11) is 0. The second-order valence-electron chi connectivity index (χ2n) is 7.83. The van der Waals surface area contributed by atoms with Crippen LogP contribution in [0.5, 0.6) is 0 Å². The van der Waals surface area contributed by atoms with Crippen molar-refractivity contribution in [2.75, 3.05) is 31.1 Å². The number of carbonyl (C=O) groups excluding carboxylic acids is 2. The molecule has 0 spiro atoms. The number of hydrogen-bond acceptors (Lipinski definition) is 5. The summed E-state index contributed by atoms with van der Waals surface area (Å²) >= 11 is 0. The third kappa shape index (κ3) is 3.29. The first kappa shape index (κ1) is 20.8. The van der Waals surface area contributed by atoms with Crippen LogP contribution in [0.15, 0.2) is 11.0 Å². The molecule has 0 unspecified atom stereocenters. The fourth-order valence-corrected chi connectivity index (χ4v) is 4.22. The lowest BCUT2D eigenvalue weighted by Crippen LogP contribution is -2.46. The quantitative estimate of drug-likeness (QED) is 0.602. The molecule has 1 aliphatic carbocycles. The van der Waals surface area contributed by atoms with E-state index in [0.717, 1.165) is 6.20 Å². The topological polar surface area (TPSA) is 123 Å². The zero-order chi connectivity index (χ0) is 22.5. The number of aromatic carboxylic acids is 1. The first-order valence-corrected chi connectivity index (χ1v) is 9.73. The minimum Gasteiger partial charge on any atom is -0.477 e. The number of aromatic amines is 1. The van der Waals surface area contributed by atoms with Crippen molar-refractivity contribution in [3.8, 4) is 0 Å². The number of carbonyl (C=O) groups is 3. The normalized spacial score (nSPS) is 17.5. The second-order valence-corrected chi connectivity index (χ2v) is 7.83. The molecule has 1 aromatic heterocycles. The van der Waals surface area contributed by atoms with E-state index in [1.54, 1.807) is 0 Å². The molecule has 4 rings (SSSR count). The zero-order valence-corrected chi connectivity index (χ0v) is 16.6. The number of halogens is 2. The molecule has 2 aromatic rings. The third-order valence-electron chi connectivity index (χ3n) is 5.84. The summed E-state index contributed by atoms with van der Waals surface area (Å²) in [6.07, 6.45) is 2.18. The van der Waals surface area contributed by atoms with Crippen molar-refractivity contribution in [1.82, 2.24) is 15.2 Å². The average Bonchev–Trinajstić information content (AvgIpc) is 3.48. The van der Waals surface area contributed by atoms with Gasteiger partial charge in [0, 0.05) is 44.9 Å². The summed E-state index contributed by atoms with van der Waals surface area (Å²) in [4.78, 5) is 52.5. The molecule has 1 saturated heterocycles. The van der Waals surface area contributed by atoms with E-state index < -0.39 is 45.4 Å². The molecule has 11 heteroatoms. The molecule has 3 N–H and O–H groups in total. The number of pyridine rings is 1. The molecule has 1 aliphatic heterocycles. The Morgan fingerprint density at radius 2 is 1.84 bits per heavy atom. The van der Waals surface area contributed by atoms with Gasteiger partial charge < -0.3 is 25.2 Å². The number of carboxylic acid groups (broad SMARTS) is 1. The fourth-order valence-electron chi connectivity index (χ4n) is 4.22. The maximum Gasteiger partial charge on any atom is 0.341 e. The first-order chi connectivity index (χ1) is 14.7. The molecule has 9 nitrogen and oxygen atoms in total. The van der Waals surface area contributed by atoms with Gasteiger partial charge in [0.2, 0.25) is 17.7 Å². The highest BCUT2D eigenvalue weighted by molar-refractivity contribution is 5.96. The van der Waals surface area contributed by atoms with E-state index in [4.69, 9.17) is 0 Å². The van der Waals surface area contributed by atoms with E-state index in [2.05, 4.69) is 10.3 Å². The van der Waals surface area contributed by atoms with E-state index in [1.807, 2.05) is 0 Å². The van der Waals surface area contributed by atoms with E-state index in [1.165, 1.54) is 16.7 Å². The molecule has 0 atom stereocenters. The van der Waals surface area contributed by atoms with Crippen LogP contribution in [0.2, 0.25) is 0 Å². The van der Waals surface area contributed by atoms with Gasteiger partial charge in [0.25, 0.3) is 0 Å². The van der Waals surface area contributed by atoms with Gasteiger partial charge >= 0.3 is 5.97 Å². The molecule has 31 heavy (non-hydrogen) atoms. The smallest absolute Gasteiger partial charge is 0.341 e. The van der Waals surface area contributed by atoms with Crippen molar-refractivity contribution in [3.63, 3.8) is 0 Å². The highest BCUT2D eigenvalue weighted by atomic mass is 19.1. The van der Waals surface area contributed by atoms with Gasteiger partial charge in [-0.25, -0.2) is 13.6 Å². The lowest BCUT2D eigenvalue weighted by molar-refractivity contribution is -0.120. The van der Waals surface area contributed by atoms with Crippen LogP contribution in [0.3, 0.4) is 0 Å². The Morgan fingerprint density at radius 3 is 2.35 bits per heavy atom. The molecule has 2 fully saturated rings. The highest BCUT2D eigenvalue weighted by Gasteiger charge is 2.50. The molecule has 164 valence electrons. The Bertz CT molecular complexity index is 1170. The van der Waals surface area contributed by atoms with Gasteiger partial charge in [-0.05, 0) is 12.8 Å². The second kappa shape index (κ2) is 7.33. The predicted molar refractivity (Wildman–Crippen MR) is 106 cm³/mol. The molecule has 2 heterocycles. The van der Waals surface area contributed by atoms with Crippen LogP contribution < -0.4 is 15.6 Å². The number of piperazine rings is 1. The lowest BCUT2D eigenvalue weighted by Gasteiger charge is -2.35. The summed E-state index contributed by atoms with van der Waals surface area (Å²) < 4.78 is 31.4. The summed E-state index contributed by atoms with van der Waals surface area (Å²) in [5, 5.41) is 11.5. The summed E-state index contributed by atoms with van der Waals surface area (Å²) in [6.45, 7) is 2.11. The van der Waals surface area contributed by atoms with Crippen LogP contribution in [0.25, 0.3) is 10.9 Å². The van der Waals surface area contributed by atoms with E-state index in [-0.39, 0.29) is 42.9 Å². The maximum atomic E-state index is 15.9. The molecule has 0 bridgehead atoms. The van der Waals surface area contributed by atoms with E-state index >= 15 is 8.78 Å². The summed E-state index contributed by atoms with van der Waals surface area (Å²) in [6, 6.07) is 0. The molecule has 0 radical (unpaired) electrons. The number of nitrogens with one attached hydrogen (secondary N) is 2. The number of H-pyrrole nitrogens is 1. The molecule has 1 aromatic carbocycles. The van der Waals surface area contributed by atoms with Crippen molar-refractivity contribution in [1.29, 1.82) is 0 Å². The van der Waals surface area contributed by atoms with Crippen LogP contribution >= 0.6 is 0 Å². The molecular weight excluding hydrogens is 414 g/mol. The highest BCUT2D eigenvalue weighted by Crippen LogP contribution is 2.50. The van der Waals surface area contributed by atoms with Crippen molar-refractivity contribution in [3.05, 3.63) is 39.2 Å². The monoisotopic (exact) mass is 434 g/mol. The van der Waals surface area contributed by atoms with Gasteiger partial charge in [-0.3, -0.25) is 14.4 Å². The number of rotatable bonds is 5. The number of anilines is 1. The van der Waals surface area contributed by atoms with Gasteiger partial charge in [0.1, 0.15) is 11.3 Å². The first-order valence-electron chi connectivity index (χ1n) is 9.73. The van der Waals surface area contributed by atoms with Gasteiger partial charge in [-0.2, -0.15) is 0 Å². The Kier molecular flexibility index (Phi) is 4.91. The number of hydrogen-bond donors (Lipinski definition) is 3. The van der Waals surface area contributed by atoms with Crippen LogP contribution in [-0.4, -0.2) is 59.5 Å². The minimum atomic E-state index is -1.53. The van der Waals surface area contributed by atoms with Crippen molar-refractivity contribution >= 4 is 34.9 Å². The Balaban J connectivity index is 2.01.